The van der Waals surface area contributed by atoms with Crippen LogP contribution in [-0.2, 0) is 11.2 Å². The third-order valence-corrected chi connectivity index (χ3v) is 4.59. The number of nitrogens with zero attached hydrogens (tertiary/aromatic N) is 1. The van der Waals surface area contributed by atoms with Gasteiger partial charge in [-0.2, -0.15) is 0 Å². The zero-order valence-electron chi connectivity index (χ0n) is 14.0. The molecule has 0 spiro atoms. The van der Waals surface area contributed by atoms with Crippen LogP contribution >= 0.6 is 0 Å². The van der Waals surface area contributed by atoms with Gasteiger partial charge in [0.25, 0.3) is 11.5 Å². The second-order valence-electron chi connectivity index (χ2n) is 6.21. The van der Waals surface area contributed by atoms with Crippen molar-refractivity contribution in [3.8, 4) is 0 Å². The zero-order valence-corrected chi connectivity index (χ0v) is 14.0. The molecule has 0 saturated heterocycles. The second kappa shape index (κ2) is 6.48. The van der Waals surface area contributed by atoms with Crippen LogP contribution in [0.3, 0.4) is 0 Å². The van der Waals surface area contributed by atoms with Crippen molar-refractivity contribution < 1.29 is 9.59 Å². The van der Waals surface area contributed by atoms with Crippen LogP contribution in [0.25, 0.3) is 10.8 Å². The van der Waals surface area contributed by atoms with Crippen LogP contribution < -0.4 is 15.8 Å². The number of rotatable bonds is 3. The minimum atomic E-state index is -0.478. The predicted octanol–water partition coefficient (Wildman–Crippen LogP) is 1.85. The van der Waals surface area contributed by atoms with Crippen LogP contribution in [0.1, 0.15) is 16.1 Å². The van der Waals surface area contributed by atoms with E-state index in [4.69, 9.17) is 0 Å². The largest absolute Gasteiger partial charge is 0.342 e. The number of nitrogens with one attached hydrogen (secondary N) is 2. The Morgan fingerprint density at radius 2 is 1.85 bits per heavy atom. The second-order valence-corrected chi connectivity index (χ2v) is 6.21. The number of hydrogen-bond donors (Lipinski definition) is 2. The average Bonchev–Trinajstić information content (AvgIpc) is 3.10. The molecule has 1 aliphatic rings. The number of aromatic nitrogens is 1. The van der Waals surface area contributed by atoms with Gasteiger partial charge in [-0.15, -0.1) is 0 Å². The number of hydrogen-bond acceptors (Lipinski definition) is 3. The number of H-pyrrole nitrogens is 1. The number of carbonyl (C=O) groups excluding carboxylic acids is 2. The monoisotopic (exact) mass is 347 g/mol. The van der Waals surface area contributed by atoms with Crippen LogP contribution in [0, 0.1) is 0 Å². The Kier molecular flexibility index (Phi) is 4.01. The molecule has 2 heterocycles. The van der Waals surface area contributed by atoms with Gasteiger partial charge in [0.15, 0.2) is 0 Å². The van der Waals surface area contributed by atoms with Crippen LogP contribution in [0.15, 0.2) is 59.4 Å². The fourth-order valence-electron chi connectivity index (χ4n) is 3.28. The Balaban J connectivity index is 1.48. The number of pyridine rings is 1. The van der Waals surface area contributed by atoms with Gasteiger partial charge in [0, 0.05) is 17.6 Å². The summed E-state index contributed by atoms with van der Waals surface area (Å²) < 4.78 is 0. The maximum atomic E-state index is 12.5. The molecule has 0 unspecified atom stereocenters. The summed E-state index contributed by atoms with van der Waals surface area (Å²) in [6.07, 6.45) is 0.813. The summed E-state index contributed by atoms with van der Waals surface area (Å²) in [5, 5.41) is 3.80. The van der Waals surface area contributed by atoms with Gasteiger partial charge in [0.2, 0.25) is 5.91 Å². The van der Waals surface area contributed by atoms with E-state index in [0.717, 1.165) is 17.7 Å². The Bertz CT molecular complexity index is 1070. The van der Waals surface area contributed by atoms with Gasteiger partial charge in [-0.05, 0) is 35.6 Å². The summed E-state index contributed by atoms with van der Waals surface area (Å²) in [6.45, 7) is 0.489. The molecule has 1 aliphatic heterocycles. The maximum absolute atomic E-state index is 12.5. The molecule has 26 heavy (non-hydrogen) atoms. The topological polar surface area (TPSA) is 82.3 Å². The Morgan fingerprint density at radius 1 is 1.08 bits per heavy atom. The van der Waals surface area contributed by atoms with Crippen molar-refractivity contribution >= 4 is 28.3 Å². The van der Waals surface area contributed by atoms with Gasteiger partial charge in [-0.3, -0.25) is 14.4 Å². The van der Waals surface area contributed by atoms with E-state index in [9.17, 15) is 14.4 Å². The lowest BCUT2D eigenvalue weighted by atomic mass is 10.1. The van der Waals surface area contributed by atoms with Crippen LogP contribution in [-0.4, -0.2) is 29.9 Å². The molecule has 2 N–H and O–H groups in total. The Morgan fingerprint density at radius 3 is 2.73 bits per heavy atom. The quantitative estimate of drug-likeness (QED) is 0.758. The van der Waals surface area contributed by atoms with Gasteiger partial charge >= 0.3 is 0 Å². The van der Waals surface area contributed by atoms with E-state index in [0.29, 0.717) is 17.3 Å². The molecule has 6 heteroatoms. The van der Waals surface area contributed by atoms with Gasteiger partial charge in [-0.25, -0.2) is 0 Å². The van der Waals surface area contributed by atoms with Crippen molar-refractivity contribution in [1.29, 1.82) is 0 Å². The van der Waals surface area contributed by atoms with Gasteiger partial charge in [0.05, 0.1) is 6.54 Å². The first-order chi connectivity index (χ1) is 12.6. The van der Waals surface area contributed by atoms with Gasteiger partial charge in [-0.1, -0.05) is 36.4 Å². The summed E-state index contributed by atoms with van der Waals surface area (Å²) >= 11 is 0. The zero-order chi connectivity index (χ0) is 18.1. The van der Waals surface area contributed by atoms with Crippen molar-refractivity contribution in [3.63, 3.8) is 0 Å². The molecule has 0 bridgehead atoms. The van der Waals surface area contributed by atoms with Crippen molar-refractivity contribution in [1.82, 2.24) is 10.3 Å². The number of fused-ring (bicyclic) bond motifs is 2. The van der Waals surface area contributed by atoms with E-state index < -0.39 is 5.91 Å². The molecule has 130 valence electrons. The Labute approximate surface area is 149 Å². The van der Waals surface area contributed by atoms with Crippen molar-refractivity contribution in [2.45, 2.75) is 6.42 Å². The van der Waals surface area contributed by atoms with E-state index in [-0.39, 0.29) is 23.7 Å². The molecule has 6 nitrogen and oxygen atoms in total. The SMILES string of the molecule is O=C(NCC(=O)N1CCc2ccccc21)c1cc2ccccc2c(=O)[nH]1. The molecule has 0 aliphatic carbocycles. The molecule has 0 atom stereocenters. The lowest BCUT2D eigenvalue weighted by molar-refractivity contribution is -0.117. The summed E-state index contributed by atoms with van der Waals surface area (Å²) in [4.78, 5) is 41.1. The van der Waals surface area contributed by atoms with Crippen molar-refractivity contribution in [2.75, 3.05) is 18.0 Å². The number of aromatic amines is 1. The highest BCUT2D eigenvalue weighted by Gasteiger charge is 2.24. The molecule has 4 rings (SSSR count). The number of anilines is 1. The molecule has 0 radical (unpaired) electrons. The number of carbonyl (C=O) groups is 2. The van der Waals surface area contributed by atoms with E-state index >= 15 is 0 Å². The summed E-state index contributed by atoms with van der Waals surface area (Å²) in [6, 6.07) is 16.4. The lowest BCUT2D eigenvalue weighted by Gasteiger charge is -2.17. The van der Waals surface area contributed by atoms with Gasteiger partial charge in [0.1, 0.15) is 5.69 Å². The molecule has 0 saturated carbocycles. The number of para-hydroxylation sites is 1. The summed E-state index contributed by atoms with van der Waals surface area (Å²) in [5.74, 6) is -0.653. The highest BCUT2D eigenvalue weighted by atomic mass is 16.2. The van der Waals surface area contributed by atoms with Crippen LogP contribution in [0.5, 0.6) is 0 Å². The maximum Gasteiger partial charge on any atom is 0.268 e. The Hall–Kier alpha value is -3.41. The standard InChI is InChI=1S/C20H17N3O3/c24-18(23-10-9-13-5-2-4-8-17(13)23)12-21-20(26)16-11-14-6-1-3-7-15(14)19(25)22-16/h1-8,11H,9-10,12H2,(H,21,26)(H,22,25). The average molecular weight is 347 g/mol. The van der Waals surface area contributed by atoms with E-state index in [2.05, 4.69) is 10.3 Å². The minimum Gasteiger partial charge on any atom is -0.342 e. The highest BCUT2D eigenvalue weighted by molar-refractivity contribution is 6.01. The van der Waals surface area contributed by atoms with Crippen LogP contribution in [0.2, 0.25) is 0 Å². The fraction of sp³-hybridized carbons (Fsp3) is 0.150. The van der Waals surface area contributed by atoms with Crippen molar-refractivity contribution in [3.05, 3.63) is 76.2 Å². The van der Waals surface area contributed by atoms with E-state index in [1.165, 1.54) is 0 Å². The first-order valence-electron chi connectivity index (χ1n) is 8.42. The normalized spacial score (nSPS) is 12.8. The van der Waals surface area contributed by atoms with Crippen molar-refractivity contribution in [2.24, 2.45) is 0 Å². The first-order valence-corrected chi connectivity index (χ1v) is 8.42. The molecular formula is C20H17N3O3. The third kappa shape index (κ3) is 2.86. The summed E-state index contributed by atoms with van der Waals surface area (Å²) in [7, 11) is 0. The van der Waals surface area contributed by atoms with Gasteiger partial charge < -0.3 is 15.2 Å². The lowest BCUT2D eigenvalue weighted by Crippen LogP contribution is -2.40. The first kappa shape index (κ1) is 16.1. The molecular weight excluding hydrogens is 330 g/mol. The van der Waals surface area contributed by atoms with E-state index in [1.807, 2.05) is 24.3 Å². The smallest absolute Gasteiger partial charge is 0.268 e. The molecule has 2 aromatic carbocycles. The third-order valence-electron chi connectivity index (χ3n) is 4.59. The van der Waals surface area contributed by atoms with E-state index in [1.54, 1.807) is 35.2 Å². The number of benzene rings is 2. The molecule has 3 aromatic rings. The molecule has 2 amide bonds. The predicted molar refractivity (Wildman–Crippen MR) is 99.4 cm³/mol. The fourth-order valence-corrected chi connectivity index (χ4v) is 3.28. The summed E-state index contributed by atoms with van der Waals surface area (Å²) in [5.41, 5.74) is 1.84. The van der Waals surface area contributed by atoms with Crippen LogP contribution in [0.4, 0.5) is 5.69 Å². The highest BCUT2D eigenvalue weighted by Crippen LogP contribution is 2.27. The number of amides is 2. The molecule has 0 fully saturated rings. The molecule has 1 aromatic heterocycles. The minimum absolute atomic E-state index is 0.123.